The highest BCUT2D eigenvalue weighted by Crippen LogP contribution is 2.37. The van der Waals surface area contributed by atoms with Gasteiger partial charge in [-0.05, 0) is 42.2 Å². The van der Waals surface area contributed by atoms with Gasteiger partial charge in [-0.2, -0.15) is 0 Å². The molecular weight excluding hydrogens is 378 g/mol. The standard InChI is InChI=1S/C20H19N3O2S2/c1-12-10-15(12)19(25)23-22-18(24)14-8-6-13(7-9-14)11-26-20-21-16-4-2-3-5-17(16)27-20/h2-9,12,15H,10-11H2,1H3,(H,22,24)(H,23,25). The number of hydrazine groups is 1. The predicted octanol–water partition coefficient (Wildman–Crippen LogP) is 4.01. The van der Waals surface area contributed by atoms with E-state index in [2.05, 4.69) is 21.9 Å². The Morgan fingerprint density at radius 3 is 2.59 bits per heavy atom. The van der Waals surface area contributed by atoms with E-state index < -0.39 is 0 Å². The molecule has 0 radical (unpaired) electrons. The zero-order valence-corrected chi connectivity index (χ0v) is 16.4. The van der Waals surface area contributed by atoms with Crippen molar-refractivity contribution in [1.82, 2.24) is 15.8 Å². The van der Waals surface area contributed by atoms with Crippen molar-refractivity contribution < 1.29 is 9.59 Å². The van der Waals surface area contributed by atoms with Crippen molar-refractivity contribution in [2.75, 3.05) is 0 Å². The van der Waals surface area contributed by atoms with Gasteiger partial charge in [0.15, 0.2) is 4.34 Å². The fourth-order valence-corrected chi connectivity index (χ4v) is 4.81. The number of para-hydroxylation sites is 1. The number of carbonyl (C=O) groups excluding carboxylic acids is 2. The van der Waals surface area contributed by atoms with Gasteiger partial charge in [-0.3, -0.25) is 20.4 Å². The van der Waals surface area contributed by atoms with Crippen LogP contribution in [0.2, 0.25) is 0 Å². The van der Waals surface area contributed by atoms with Crippen LogP contribution in [0.25, 0.3) is 10.2 Å². The highest BCUT2D eigenvalue weighted by molar-refractivity contribution is 8.00. The number of amides is 2. The summed E-state index contributed by atoms with van der Waals surface area (Å²) in [7, 11) is 0. The molecule has 1 aliphatic rings. The summed E-state index contributed by atoms with van der Waals surface area (Å²) in [5, 5.41) is 0. The second kappa shape index (κ2) is 7.70. The summed E-state index contributed by atoms with van der Waals surface area (Å²) in [6.45, 7) is 2.02. The Balaban J connectivity index is 1.30. The first-order valence-electron chi connectivity index (χ1n) is 8.77. The molecule has 5 nitrogen and oxygen atoms in total. The summed E-state index contributed by atoms with van der Waals surface area (Å²) in [5.41, 5.74) is 7.64. The lowest BCUT2D eigenvalue weighted by atomic mass is 10.1. The molecule has 7 heteroatoms. The molecule has 2 aromatic carbocycles. The highest BCUT2D eigenvalue weighted by atomic mass is 32.2. The number of thiazole rings is 1. The molecule has 0 saturated heterocycles. The summed E-state index contributed by atoms with van der Waals surface area (Å²) in [4.78, 5) is 28.5. The van der Waals surface area contributed by atoms with Crippen LogP contribution in [-0.2, 0) is 10.5 Å². The monoisotopic (exact) mass is 397 g/mol. The van der Waals surface area contributed by atoms with Gasteiger partial charge in [0.05, 0.1) is 10.2 Å². The zero-order chi connectivity index (χ0) is 18.8. The van der Waals surface area contributed by atoms with E-state index in [-0.39, 0.29) is 17.7 Å². The lowest BCUT2D eigenvalue weighted by Crippen LogP contribution is -2.42. The van der Waals surface area contributed by atoms with E-state index in [0.717, 1.165) is 27.6 Å². The number of benzene rings is 2. The first-order valence-corrected chi connectivity index (χ1v) is 10.6. The van der Waals surface area contributed by atoms with Crippen LogP contribution in [0.15, 0.2) is 52.9 Å². The largest absolute Gasteiger partial charge is 0.273 e. The zero-order valence-electron chi connectivity index (χ0n) is 14.8. The number of fused-ring (bicyclic) bond motifs is 1. The van der Waals surface area contributed by atoms with Crippen molar-refractivity contribution in [3.63, 3.8) is 0 Å². The van der Waals surface area contributed by atoms with Crippen LogP contribution >= 0.6 is 23.1 Å². The maximum Gasteiger partial charge on any atom is 0.269 e. The van der Waals surface area contributed by atoms with Gasteiger partial charge in [0.25, 0.3) is 5.91 Å². The lowest BCUT2D eigenvalue weighted by Gasteiger charge is -2.07. The van der Waals surface area contributed by atoms with E-state index >= 15 is 0 Å². The molecule has 0 aliphatic heterocycles. The van der Waals surface area contributed by atoms with Gasteiger partial charge in [0.1, 0.15) is 0 Å². The van der Waals surface area contributed by atoms with Gasteiger partial charge in [-0.1, -0.05) is 43.0 Å². The first kappa shape index (κ1) is 18.0. The molecule has 2 amide bonds. The molecule has 1 saturated carbocycles. The van der Waals surface area contributed by atoms with Crippen molar-refractivity contribution in [1.29, 1.82) is 0 Å². The molecule has 0 spiro atoms. The average molecular weight is 398 g/mol. The second-order valence-corrected chi connectivity index (χ2v) is 8.95. The first-order chi connectivity index (χ1) is 13.1. The molecule has 1 heterocycles. The fraction of sp³-hybridized carbons (Fsp3) is 0.250. The molecule has 1 aliphatic carbocycles. The Labute approximate surface area is 165 Å². The second-order valence-electron chi connectivity index (χ2n) is 6.70. The van der Waals surface area contributed by atoms with E-state index in [0.29, 0.717) is 11.5 Å². The molecule has 2 N–H and O–H groups in total. The molecule has 4 rings (SSSR count). The van der Waals surface area contributed by atoms with Crippen LogP contribution in [0.1, 0.15) is 29.3 Å². The third-order valence-corrected chi connectivity index (χ3v) is 6.85. The molecule has 0 bridgehead atoms. The van der Waals surface area contributed by atoms with Gasteiger partial charge in [-0.25, -0.2) is 4.98 Å². The number of thioether (sulfide) groups is 1. The Hall–Kier alpha value is -2.38. The number of carbonyl (C=O) groups is 2. The van der Waals surface area contributed by atoms with E-state index in [4.69, 9.17) is 0 Å². The number of nitrogens with one attached hydrogen (secondary N) is 2. The van der Waals surface area contributed by atoms with Crippen molar-refractivity contribution in [3.8, 4) is 0 Å². The van der Waals surface area contributed by atoms with Gasteiger partial charge >= 0.3 is 0 Å². The minimum atomic E-state index is -0.304. The topological polar surface area (TPSA) is 71.1 Å². The van der Waals surface area contributed by atoms with E-state index in [1.165, 1.54) is 4.70 Å². The van der Waals surface area contributed by atoms with Crippen LogP contribution in [0, 0.1) is 11.8 Å². The Kier molecular flexibility index (Phi) is 5.13. The molecule has 3 aromatic rings. The van der Waals surface area contributed by atoms with Gasteiger partial charge in [0.2, 0.25) is 5.91 Å². The Morgan fingerprint density at radius 2 is 1.89 bits per heavy atom. The van der Waals surface area contributed by atoms with Crippen LogP contribution in [0.3, 0.4) is 0 Å². The molecular formula is C20H19N3O2S2. The van der Waals surface area contributed by atoms with Crippen LogP contribution in [0.5, 0.6) is 0 Å². The van der Waals surface area contributed by atoms with E-state index in [1.54, 1.807) is 35.2 Å². The highest BCUT2D eigenvalue weighted by Gasteiger charge is 2.39. The number of aromatic nitrogens is 1. The average Bonchev–Trinajstić information content (AvgIpc) is 3.27. The Bertz CT molecular complexity index is 951. The quantitative estimate of drug-likeness (QED) is 0.504. The maximum absolute atomic E-state index is 12.1. The summed E-state index contributed by atoms with van der Waals surface area (Å²) in [6, 6.07) is 15.5. The van der Waals surface area contributed by atoms with E-state index in [9.17, 15) is 9.59 Å². The fourth-order valence-electron chi connectivity index (χ4n) is 2.78. The van der Waals surface area contributed by atoms with Crippen LogP contribution in [-0.4, -0.2) is 16.8 Å². The van der Waals surface area contributed by atoms with Crippen molar-refractivity contribution in [2.24, 2.45) is 11.8 Å². The third kappa shape index (κ3) is 4.31. The number of nitrogens with zero attached hydrogens (tertiary/aromatic N) is 1. The number of hydrogen-bond acceptors (Lipinski definition) is 5. The third-order valence-electron chi connectivity index (χ3n) is 4.60. The molecule has 2 atom stereocenters. The van der Waals surface area contributed by atoms with Crippen molar-refractivity contribution >= 4 is 45.1 Å². The van der Waals surface area contributed by atoms with Gasteiger partial charge in [0, 0.05) is 17.2 Å². The Morgan fingerprint density at radius 1 is 1.15 bits per heavy atom. The lowest BCUT2D eigenvalue weighted by molar-refractivity contribution is -0.123. The minimum absolute atomic E-state index is 0.0345. The summed E-state index contributed by atoms with van der Waals surface area (Å²) in [6.07, 6.45) is 0.892. The SMILES string of the molecule is CC1CC1C(=O)NNC(=O)c1ccc(CSc2nc3ccccc3s2)cc1. The van der Waals surface area contributed by atoms with Gasteiger partial charge in [-0.15, -0.1) is 11.3 Å². The number of rotatable bonds is 5. The van der Waals surface area contributed by atoms with Crippen LogP contribution < -0.4 is 10.9 Å². The molecule has 27 heavy (non-hydrogen) atoms. The molecule has 2 unspecified atom stereocenters. The molecule has 1 fully saturated rings. The minimum Gasteiger partial charge on any atom is -0.273 e. The summed E-state index contributed by atoms with van der Waals surface area (Å²) >= 11 is 3.38. The number of hydrogen-bond donors (Lipinski definition) is 2. The summed E-state index contributed by atoms with van der Waals surface area (Å²) < 4.78 is 2.23. The van der Waals surface area contributed by atoms with Crippen molar-refractivity contribution in [3.05, 3.63) is 59.7 Å². The summed E-state index contributed by atoms with van der Waals surface area (Å²) in [5.74, 6) is 0.820. The van der Waals surface area contributed by atoms with Gasteiger partial charge < -0.3 is 0 Å². The molecule has 1 aromatic heterocycles. The normalized spacial score (nSPS) is 18.3. The molecule has 138 valence electrons. The van der Waals surface area contributed by atoms with E-state index in [1.807, 2.05) is 37.3 Å². The maximum atomic E-state index is 12.1. The smallest absolute Gasteiger partial charge is 0.269 e. The van der Waals surface area contributed by atoms with Crippen molar-refractivity contribution in [2.45, 2.75) is 23.4 Å². The predicted molar refractivity (Wildman–Crippen MR) is 109 cm³/mol. The van der Waals surface area contributed by atoms with Crippen LogP contribution in [0.4, 0.5) is 0 Å².